The Kier molecular flexibility index (Phi) is 4.70. The van der Waals surface area contributed by atoms with Gasteiger partial charge in [-0.05, 0) is 30.5 Å². The molecule has 2 rings (SSSR count). The predicted molar refractivity (Wildman–Crippen MR) is 80.6 cm³/mol. The smallest absolute Gasteiger partial charge is 0.229 e. The van der Waals surface area contributed by atoms with E-state index in [4.69, 9.17) is 11.6 Å². The van der Waals surface area contributed by atoms with Crippen molar-refractivity contribution >= 4 is 43.2 Å². The second-order valence-electron chi connectivity index (χ2n) is 4.50. The molecule has 20 heavy (non-hydrogen) atoms. The lowest BCUT2D eigenvalue weighted by molar-refractivity contribution is 0.563. The number of benzene rings is 1. The Labute approximate surface area is 128 Å². The molecule has 1 fully saturated rings. The number of sulfone groups is 1. The topological polar surface area (TPSA) is 80.3 Å². The molecular formula is C11H14ClNO4S3. The number of alkyl halides is 1. The molecular weight excluding hydrogens is 342 g/mol. The lowest BCUT2D eigenvalue weighted by atomic mass is 10.3. The predicted octanol–water partition coefficient (Wildman–Crippen LogP) is 1.09. The highest BCUT2D eigenvalue weighted by Gasteiger charge is 2.38. The van der Waals surface area contributed by atoms with Crippen molar-refractivity contribution in [1.82, 2.24) is 4.72 Å². The first-order valence-corrected chi connectivity index (χ1v) is 10.7. The van der Waals surface area contributed by atoms with Gasteiger partial charge in [-0.25, -0.2) is 21.6 Å². The van der Waals surface area contributed by atoms with Crippen molar-refractivity contribution in [2.75, 3.05) is 17.8 Å². The van der Waals surface area contributed by atoms with Gasteiger partial charge in [0.15, 0.2) is 9.84 Å². The van der Waals surface area contributed by atoms with Crippen LogP contribution in [0.4, 0.5) is 0 Å². The van der Waals surface area contributed by atoms with Crippen LogP contribution in [-0.4, -0.2) is 46.0 Å². The summed E-state index contributed by atoms with van der Waals surface area (Å²) in [5.74, 6) is -0.462. The second-order valence-corrected chi connectivity index (χ2v) is 9.80. The first-order chi connectivity index (χ1) is 9.23. The van der Waals surface area contributed by atoms with Crippen molar-refractivity contribution in [3.63, 3.8) is 0 Å². The summed E-state index contributed by atoms with van der Waals surface area (Å²) in [5, 5.41) is -0.736. The van der Waals surface area contributed by atoms with Gasteiger partial charge in [0.05, 0.1) is 27.8 Å². The molecule has 5 nitrogen and oxygen atoms in total. The fraction of sp³-hybridized carbons (Fsp3) is 0.455. The molecule has 0 saturated carbocycles. The van der Waals surface area contributed by atoms with E-state index in [1.807, 2.05) is 6.26 Å². The van der Waals surface area contributed by atoms with Gasteiger partial charge in [0, 0.05) is 4.90 Å². The van der Waals surface area contributed by atoms with Crippen molar-refractivity contribution in [1.29, 1.82) is 0 Å². The van der Waals surface area contributed by atoms with E-state index in [1.54, 1.807) is 12.1 Å². The van der Waals surface area contributed by atoms with Gasteiger partial charge >= 0.3 is 0 Å². The summed E-state index contributed by atoms with van der Waals surface area (Å²) in [7, 11) is -7.03. The summed E-state index contributed by atoms with van der Waals surface area (Å²) in [5.41, 5.74) is 0. The molecule has 1 aliphatic rings. The number of rotatable bonds is 4. The van der Waals surface area contributed by atoms with Crippen molar-refractivity contribution in [3.05, 3.63) is 24.3 Å². The maximum atomic E-state index is 12.2. The van der Waals surface area contributed by atoms with Crippen molar-refractivity contribution < 1.29 is 16.8 Å². The van der Waals surface area contributed by atoms with Crippen LogP contribution in [0, 0.1) is 0 Å². The van der Waals surface area contributed by atoms with Gasteiger partial charge in [0.1, 0.15) is 0 Å². The Morgan fingerprint density at radius 2 is 1.85 bits per heavy atom. The van der Waals surface area contributed by atoms with E-state index < -0.39 is 31.3 Å². The fourth-order valence-corrected chi connectivity index (χ4v) is 6.35. The third-order valence-electron chi connectivity index (χ3n) is 2.96. The van der Waals surface area contributed by atoms with Gasteiger partial charge in [0.2, 0.25) is 10.0 Å². The summed E-state index contributed by atoms with van der Waals surface area (Å²) in [4.78, 5) is 1.05. The number of hydrogen-bond acceptors (Lipinski definition) is 5. The normalized spacial score (nSPS) is 25.7. The summed E-state index contributed by atoms with van der Waals surface area (Å²) in [6.45, 7) is 0. The van der Waals surface area contributed by atoms with Crippen LogP contribution in [0.1, 0.15) is 0 Å². The molecule has 0 radical (unpaired) electrons. The third-order valence-corrected chi connectivity index (χ3v) is 7.58. The van der Waals surface area contributed by atoms with Crippen molar-refractivity contribution in [2.24, 2.45) is 0 Å². The summed E-state index contributed by atoms with van der Waals surface area (Å²) >= 11 is 7.40. The largest absolute Gasteiger partial charge is 0.240 e. The molecule has 1 aromatic carbocycles. The molecule has 0 bridgehead atoms. The van der Waals surface area contributed by atoms with Gasteiger partial charge in [-0.15, -0.1) is 23.4 Å². The van der Waals surface area contributed by atoms with E-state index in [0.29, 0.717) is 0 Å². The SMILES string of the molecule is CSc1ccc(S(=O)(=O)N[C@@H]2CS(=O)(=O)C[C@@H]2Cl)cc1. The Morgan fingerprint density at radius 1 is 1.25 bits per heavy atom. The molecule has 112 valence electrons. The molecule has 0 aliphatic carbocycles. The van der Waals surface area contributed by atoms with Crippen LogP contribution in [0.15, 0.2) is 34.1 Å². The molecule has 1 heterocycles. The first kappa shape index (κ1) is 16.1. The summed E-state index contributed by atoms with van der Waals surface area (Å²) < 4.78 is 49.6. The molecule has 1 aliphatic heterocycles. The highest BCUT2D eigenvalue weighted by Crippen LogP contribution is 2.22. The number of hydrogen-bond donors (Lipinski definition) is 1. The molecule has 9 heteroatoms. The number of nitrogens with one attached hydrogen (secondary N) is 1. The number of halogens is 1. The number of thioether (sulfide) groups is 1. The zero-order chi connectivity index (χ0) is 15.0. The van der Waals surface area contributed by atoms with E-state index in [0.717, 1.165) is 4.90 Å². The molecule has 0 unspecified atom stereocenters. The van der Waals surface area contributed by atoms with E-state index >= 15 is 0 Å². The Bertz CT molecular complexity index is 685. The average molecular weight is 356 g/mol. The summed E-state index contributed by atoms with van der Waals surface area (Å²) in [6, 6.07) is 5.58. The Hall–Kier alpha value is -0.280. The quantitative estimate of drug-likeness (QED) is 0.646. The molecule has 1 N–H and O–H groups in total. The van der Waals surface area contributed by atoms with E-state index in [-0.39, 0.29) is 16.4 Å². The van der Waals surface area contributed by atoms with Crippen molar-refractivity contribution in [3.8, 4) is 0 Å². The van der Waals surface area contributed by atoms with E-state index in [2.05, 4.69) is 4.72 Å². The lowest BCUT2D eigenvalue weighted by Gasteiger charge is -2.14. The lowest BCUT2D eigenvalue weighted by Crippen LogP contribution is -2.40. The van der Waals surface area contributed by atoms with Crippen LogP contribution >= 0.6 is 23.4 Å². The zero-order valence-corrected chi connectivity index (χ0v) is 13.8. The minimum Gasteiger partial charge on any atom is -0.229 e. The highest BCUT2D eigenvalue weighted by atomic mass is 35.5. The summed E-state index contributed by atoms with van der Waals surface area (Å²) in [6.07, 6.45) is 1.89. The fourth-order valence-electron chi connectivity index (χ4n) is 1.93. The molecule has 1 saturated heterocycles. The minimum absolute atomic E-state index is 0.100. The van der Waals surface area contributed by atoms with Crippen LogP contribution in [0.3, 0.4) is 0 Å². The van der Waals surface area contributed by atoms with Crippen LogP contribution in [-0.2, 0) is 19.9 Å². The van der Waals surface area contributed by atoms with Crippen LogP contribution < -0.4 is 4.72 Å². The standard InChI is InChI=1S/C11H14ClNO4S3/c1-18-8-2-4-9(5-3-8)20(16,17)13-11-7-19(14,15)6-10(11)12/h2-5,10-11,13H,6-7H2,1H3/t10-,11+/m0/s1. The minimum atomic E-state index is -3.76. The zero-order valence-electron chi connectivity index (χ0n) is 10.6. The second kappa shape index (κ2) is 5.84. The van der Waals surface area contributed by atoms with Crippen LogP contribution in [0.2, 0.25) is 0 Å². The maximum Gasteiger partial charge on any atom is 0.240 e. The van der Waals surface area contributed by atoms with Crippen LogP contribution in [0.5, 0.6) is 0 Å². The Morgan fingerprint density at radius 3 is 2.30 bits per heavy atom. The first-order valence-electron chi connectivity index (χ1n) is 5.74. The molecule has 1 aromatic rings. The molecule has 0 aromatic heterocycles. The third kappa shape index (κ3) is 3.67. The maximum absolute atomic E-state index is 12.2. The molecule has 2 atom stereocenters. The monoisotopic (exact) mass is 355 g/mol. The van der Waals surface area contributed by atoms with E-state index in [1.165, 1.54) is 23.9 Å². The molecule has 0 amide bonds. The van der Waals surface area contributed by atoms with Gasteiger partial charge in [-0.2, -0.15) is 0 Å². The van der Waals surface area contributed by atoms with Gasteiger partial charge in [0.25, 0.3) is 0 Å². The number of sulfonamides is 1. The average Bonchev–Trinajstić information content (AvgIpc) is 2.61. The highest BCUT2D eigenvalue weighted by molar-refractivity contribution is 7.98. The van der Waals surface area contributed by atoms with Gasteiger partial charge in [-0.3, -0.25) is 0 Å². The van der Waals surface area contributed by atoms with Crippen molar-refractivity contribution in [2.45, 2.75) is 21.2 Å². The van der Waals surface area contributed by atoms with Gasteiger partial charge < -0.3 is 0 Å². The van der Waals surface area contributed by atoms with E-state index in [9.17, 15) is 16.8 Å². The molecule has 0 spiro atoms. The Balaban J connectivity index is 2.19. The van der Waals surface area contributed by atoms with Crippen LogP contribution in [0.25, 0.3) is 0 Å². The van der Waals surface area contributed by atoms with Gasteiger partial charge in [-0.1, -0.05) is 0 Å².